The minimum atomic E-state index is -0.603. The van der Waals surface area contributed by atoms with Gasteiger partial charge in [0, 0.05) is 38.4 Å². The number of hydrogen-bond acceptors (Lipinski definition) is 6. The highest BCUT2D eigenvalue weighted by Crippen LogP contribution is 2.30. The summed E-state index contributed by atoms with van der Waals surface area (Å²) in [6.07, 6.45) is 7.19. The summed E-state index contributed by atoms with van der Waals surface area (Å²) in [6.45, 7) is 5.68. The second kappa shape index (κ2) is 7.67. The molecule has 3 heterocycles. The molecule has 140 valence electrons. The SMILES string of the molecule is Cc1nonc1CNC(=O)C1(C)CCCN(C(=O)CCn2ccnc2)C1. The lowest BCUT2D eigenvalue weighted by Crippen LogP contribution is -2.51. The van der Waals surface area contributed by atoms with Crippen molar-refractivity contribution in [3.05, 3.63) is 30.1 Å². The molecule has 0 bridgehead atoms. The predicted molar refractivity (Wildman–Crippen MR) is 91.6 cm³/mol. The number of carbonyl (C=O) groups excluding carboxylic acids is 2. The molecule has 9 heteroatoms. The van der Waals surface area contributed by atoms with Crippen molar-refractivity contribution in [2.75, 3.05) is 13.1 Å². The number of amides is 2. The number of rotatable bonds is 6. The topological polar surface area (TPSA) is 106 Å². The molecular weight excluding hydrogens is 336 g/mol. The van der Waals surface area contributed by atoms with Crippen LogP contribution >= 0.6 is 0 Å². The van der Waals surface area contributed by atoms with E-state index in [1.807, 2.05) is 17.7 Å². The number of likely N-dealkylation sites (tertiary alicyclic amines) is 1. The monoisotopic (exact) mass is 360 g/mol. The van der Waals surface area contributed by atoms with E-state index in [0.717, 1.165) is 12.8 Å². The summed E-state index contributed by atoms with van der Waals surface area (Å²) in [7, 11) is 0. The number of nitrogens with zero attached hydrogens (tertiary/aromatic N) is 5. The van der Waals surface area contributed by atoms with Gasteiger partial charge in [-0.05, 0) is 26.7 Å². The van der Waals surface area contributed by atoms with Crippen molar-refractivity contribution in [3.63, 3.8) is 0 Å². The highest BCUT2D eigenvalue weighted by Gasteiger charge is 2.39. The molecule has 0 radical (unpaired) electrons. The Morgan fingerprint density at radius 3 is 2.92 bits per heavy atom. The summed E-state index contributed by atoms with van der Waals surface area (Å²) in [5.41, 5.74) is 0.676. The second-order valence-electron chi connectivity index (χ2n) is 7.01. The number of aryl methyl sites for hydroxylation is 2. The number of nitrogens with one attached hydrogen (secondary N) is 1. The van der Waals surface area contributed by atoms with Crippen molar-refractivity contribution in [3.8, 4) is 0 Å². The van der Waals surface area contributed by atoms with Gasteiger partial charge < -0.3 is 14.8 Å². The van der Waals surface area contributed by atoms with Gasteiger partial charge in [-0.2, -0.15) is 0 Å². The van der Waals surface area contributed by atoms with Gasteiger partial charge in [-0.3, -0.25) is 9.59 Å². The highest BCUT2D eigenvalue weighted by atomic mass is 16.6. The lowest BCUT2D eigenvalue weighted by Gasteiger charge is -2.39. The van der Waals surface area contributed by atoms with E-state index in [-0.39, 0.29) is 18.4 Å². The third-order valence-corrected chi connectivity index (χ3v) is 4.90. The smallest absolute Gasteiger partial charge is 0.228 e. The van der Waals surface area contributed by atoms with Crippen molar-refractivity contribution in [2.45, 2.75) is 46.2 Å². The Balaban J connectivity index is 1.54. The third kappa shape index (κ3) is 4.09. The van der Waals surface area contributed by atoms with E-state index in [1.54, 1.807) is 24.3 Å². The van der Waals surface area contributed by atoms with E-state index < -0.39 is 5.41 Å². The molecule has 1 aliphatic rings. The molecule has 1 fully saturated rings. The Labute approximate surface area is 151 Å². The summed E-state index contributed by atoms with van der Waals surface area (Å²) in [4.78, 5) is 31.0. The maximum atomic E-state index is 12.7. The molecule has 2 amide bonds. The Bertz CT molecular complexity index is 756. The number of imidazole rings is 1. The Morgan fingerprint density at radius 2 is 2.23 bits per heavy atom. The van der Waals surface area contributed by atoms with E-state index in [4.69, 9.17) is 0 Å². The molecule has 1 N–H and O–H groups in total. The molecule has 3 rings (SSSR count). The zero-order valence-corrected chi connectivity index (χ0v) is 15.1. The first-order valence-electron chi connectivity index (χ1n) is 8.78. The number of piperidine rings is 1. The molecule has 2 aromatic heterocycles. The molecule has 1 unspecified atom stereocenters. The van der Waals surface area contributed by atoms with E-state index in [1.165, 1.54) is 0 Å². The molecule has 0 spiro atoms. The molecule has 0 saturated carbocycles. The second-order valence-corrected chi connectivity index (χ2v) is 7.01. The van der Waals surface area contributed by atoms with Crippen LogP contribution in [0, 0.1) is 12.3 Å². The van der Waals surface area contributed by atoms with E-state index in [2.05, 4.69) is 25.2 Å². The van der Waals surface area contributed by atoms with Gasteiger partial charge in [0.25, 0.3) is 0 Å². The minimum Gasteiger partial charge on any atom is -0.350 e. The number of aromatic nitrogens is 4. The van der Waals surface area contributed by atoms with Crippen LogP contribution in [0.1, 0.15) is 37.6 Å². The Morgan fingerprint density at radius 1 is 1.38 bits per heavy atom. The van der Waals surface area contributed by atoms with Gasteiger partial charge in [-0.15, -0.1) is 0 Å². The first-order valence-corrected chi connectivity index (χ1v) is 8.78. The van der Waals surface area contributed by atoms with Gasteiger partial charge in [-0.1, -0.05) is 10.3 Å². The fraction of sp³-hybridized carbons (Fsp3) is 0.588. The van der Waals surface area contributed by atoms with Gasteiger partial charge in [0.1, 0.15) is 11.4 Å². The molecule has 1 aliphatic heterocycles. The molecule has 26 heavy (non-hydrogen) atoms. The van der Waals surface area contributed by atoms with Crippen molar-refractivity contribution in [1.82, 2.24) is 30.1 Å². The summed E-state index contributed by atoms with van der Waals surface area (Å²) in [5.74, 6) is -0.0130. The minimum absolute atomic E-state index is 0.0639. The average molecular weight is 360 g/mol. The van der Waals surface area contributed by atoms with Crippen molar-refractivity contribution >= 4 is 11.8 Å². The van der Waals surface area contributed by atoms with Gasteiger partial charge in [0.15, 0.2) is 0 Å². The first kappa shape index (κ1) is 18.1. The fourth-order valence-electron chi connectivity index (χ4n) is 3.23. The summed E-state index contributed by atoms with van der Waals surface area (Å²) in [6, 6.07) is 0. The highest BCUT2D eigenvalue weighted by molar-refractivity contribution is 5.84. The van der Waals surface area contributed by atoms with Crippen molar-refractivity contribution in [1.29, 1.82) is 0 Å². The molecule has 0 aromatic carbocycles. The average Bonchev–Trinajstić information content (AvgIpc) is 3.29. The van der Waals surface area contributed by atoms with Crippen molar-refractivity contribution < 1.29 is 14.2 Å². The molecule has 1 atom stereocenters. The molecular formula is C17H24N6O3. The van der Waals surface area contributed by atoms with E-state index in [0.29, 0.717) is 37.4 Å². The largest absolute Gasteiger partial charge is 0.350 e. The zero-order chi connectivity index (χ0) is 18.6. The molecule has 9 nitrogen and oxygen atoms in total. The summed E-state index contributed by atoms with van der Waals surface area (Å²) < 4.78 is 6.52. The summed E-state index contributed by atoms with van der Waals surface area (Å²) in [5, 5.41) is 10.4. The maximum absolute atomic E-state index is 12.7. The third-order valence-electron chi connectivity index (χ3n) is 4.90. The molecule has 0 aliphatic carbocycles. The van der Waals surface area contributed by atoms with Crippen LogP contribution < -0.4 is 5.32 Å². The number of hydrogen-bond donors (Lipinski definition) is 1. The van der Waals surface area contributed by atoms with Gasteiger partial charge in [0.2, 0.25) is 11.8 Å². The van der Waals surface area contributed by atoms with Crippen LogP contribution in [0.15, 0.2) is 23.4 Å². The lowest BCUT2D eigenvalue weighted by molar-refractivity contribution is -0.140. The van der Waals surface area contributed by atoms with Crippen LogP contribution in [-0.4, -0.2) is 49.7 Å². The zero-order valence-electron chi connectivity index (χ0n) is 15.1. The van der Waals surface area contributed by atoms with Gasteiger partial charge >= 0.3 is 0 Å². The van der Waals surface area contributed by atoms with Gasteiger partial charge in [0.05, 0.1) is 18.3 Å². The van der Waals surface area contributed by atoms with Crippen molar-refractivity contribution in [2.24, 2.45) is 5.41 Å². The van der Waals surface area contributed by atoms with Crippen LogP contribution in [0.2, 0.25) is 0 Å². The van der Waals surface area contributed by atoms with Crippen LogP contribution in [-0.2, 0) is 22.7 Å². The van der Waals surface area contributed by atoms with Crippen LogP contribution in [0.3, 0.4) is 0 Å². The van der Waals surface area contributed by atoms with E-state index in [9.17, 15) is 9.59 Å². The summed E-state index contributed by atoms with van der Waals surface area (Å²) >= 11 is 0. The standard InChI is InChI=1S/C17H24N6O3/c1-13-14(21-26-20-13)10-19-16(25)17(2)5-3-7-23(11-17)15(24)4-8-22-9-6-18-12-22/h6,9,12H,3-5,7-8,10-11H2,1-2H3,(H,19,25). The predicted octanol–water partition coefficient (Wildman–Crippen LogP) is 0.910. The fourth-order valence-corrected chi connectivity index (χ4v) is 3.23. The first-order chi connectivity index (χ1) is 12.5. The Hall–Kier alpha value is -2.71. The van der Waals surface area contributed by atoms with Crippen LogP contribution in [0.4, 0.5) is 0 Å². The Kier molecular flexibility index (Phi) is 5.34. The maximum Gasteiger partial charge on any atom is 0.228 e. The van der Waals surface area contributed by atoms with Gasteiger partial charge in [-0.25, -0.2) is 9.61 Å². The quantitative estimate of drug-likeness (QED) is 0.821. The van der Waals surface area contributed by atoms with Crippen LogP contribution in [0.25, 0.3) is 0 Å². The molecule has 1 saturated heterocycles. The normalized spacial score (nSPS) is 20.2. The lowest BCUT2D eigenvalue weighted by atomic mass is 9.80. The van der Waals surface area contributed by atoms with Crippen LogP contribution in [0.5, 0.6) is 0 Å². The van der Waals surface area contributed by atoms with E-state index >= 15 is 0 Å². The molecule has 2 aromatic rings. The number of carbonyl (C=O) groups is 2.